The van der Waals surface area contributed by atoms with Crippen LogP contribution in [0, 0.1) is 0 Å². The van der Waals surface area contributed by atoms with Gasteiger partial charge in [-0.25, -0.2) is 0 Å². The van der Waals surface area contributed by atoms with Gasteiger partial charge in [0.05, 0.1) is 5.69 Å². The van der Waals surface area contributed by atoms with E-state index in [9.17, 15) is 9.59 Å². The molecular formula is C15H20N2O2S. The molecule has 1 aromatic rings. The predicted octanol–water partition coefficient (Wildman–Crippen LogP) is 1.45. The second-order valence-corrected chi connectivity index (χ2v) is 6.10. The Morgan fingerprint density at radius 3 is 2.55 bits per heavy atom. The van der Waals surface area contributed by atoms with Gasteiger partial charge in [-0.15, -0.1) is 0 Å². The van der Waals surface area contributed by atoms with Gasteiger partial charge >= 0.3 is 0 Å². The van der Waals surface area contributed by atoms with Gasteiger partial charge in [0.1, 0.15) is 0 Å². The van der Waals surface area contributed by atoms with Crippen LogP contribution in [0.3, 0.4) is 0 Å². The number of carbonyl (C=O) groups is 1. The maximum Gasteiger partial charge on any atom is 0.201 e. The zero-order valence-corrected chi connectivity index (χ0v) is 12.6. The van der Waals surface area contributed by atoms with Crippen molar-refractivity contribution in [3.63, 3.8) is 0 Å². The lowest BCUT2D eigenvalue weighted by Gasteiger charge is -2.35. The predicted molar refractivity (Wildman–Crippen MR) is 84.5 cm³/mol. The number of piperazine rings is 1. The summed E-state index contributed by atoms with van der Waals surface area (Å²) in [6.45, 7) is 6.15. The van der Waals surface area contributed by atoms with E-state index in [0.29, 0.717) is 0 Å². The van der Waals surface area contributed by atoms with Crippen molar-refractivity contribution in [2.45, 2.75) is 6.92 Å². The minimum atomic E-state index is 0.0792. The highest BCUT2D eigenvalue weighted by Crippen LogP contribution is 2.11. The fourth-order valence-electron chi connectivity index (χ4n) is 2.31. The maximum atomic E-state index is 12.0. The Morgan fingerprint density at radius 1 is 1.15 bits per heavy atom. The Hall–Kier alpha value is -1.33. The van der Waals surface area contributed by atoms with Crippen LogP contribution < -0.4 is 10.3 Å². The van der Waals surface area contributed by atoms with E-state index in [2.05, 4.69) is 9.80 Å². The van der Waals surface area contributed by atoms with Gasteiger partial charge in [-0.3, -0.25) is 14.5 Å². The highest BCUT2D eigenvalue weighted by molar-refractivity contribution is 8.13. The molecule has 0 saturated carbocycles. The molecule has 0 spiro atoms. The van der Waals surface area contributed by atoms with Crippen LogP contribution >= 0.6 is 11.8 Å². The Bertz CT molecular complexity index is 513. The first kappa shape index (κ1) is 15.1. The number of rotatable bonds is 4. The third-order valence-corrected chi connectivity index (χ3v) is 4.20. The van der Waals surface area contributed by atoms with Crippen LogP contribution in [0.1, 0.15) is 6.92 Å². The van der Waals surface area contributed by atoms with Crippen molar-refractivity contribution in [1.82, 2.24) is 4.90 Å². The Labute approximate surface area is 123 Å². The highest BCUT2D eigenvalue weighted by Gasteiger charge is 2.18. The minimum Gasteiger partial charge on any atom is -0.366 e. The van der Waals surface area contributed by atoms with Gasteiger partial charge in [0, 0.05) is 45.4 Å². The number of anilines is 1. The molecule has 1 fully saturated rings. The van der Waals surface area contributed by atoms with E-state index in [1.807, 2.05) is 18.2 Å². The van der Waals surface area contributed by atoms with Gasteiger partial charge in [-0.2, -0.15) is 0 Å². The number of carbonyl (C=O) groups excluding carboxylic acids is 1. The molecular weight excluding hydrogens is 272 g/mol. The molecule has 108 valence electrons. The summed E-state index contributed by atoms with van der Waals surface area (Å²) in [4.78, 5) is 27.3. The summed E-state index contributed by atoms with van der Waals surface area (Å²) in [7, 11) is 0. The maximum absolute atomic E-state index is 12.0. The molecule has 0 bridgehead atoms. The molecule has 0 aromatic heterocycles. The van der Waals surface area contributed by atoms with E-state index < -0.39 is 0 Å². The van der Waals surface area contributed by atoms with Crippen molar-refractivity contribution >= 4 is 22.6 Å². The Morgan fingerprint density at radius 2 is 1.85 bits per heavy atom. The lowest BCUT2D eigenvalue weighted by Crippen LogP contribution is -2.48. The first-order valence-electron chi connectivity index (χ1n) is 6.87. The first-order valence-corrected chi connectivity index (χ1v) is 7.85. The van der Waals surface area contributed by atoms with Gasteiger partial charge in [-0.1, -0.05) is 30.0 Å². The van der Waals surface area contributed by atoms with Crippen LogP contribution in [0.5, 0.6) is 0 Å². The molecule has 0 radical (unpaired) electrons. The zero-order chi connectivity index (χ0) is 14.4. The van der Waals surface area contributed by atoms with Gasteiger partial charge in [-0.05, 0) is 12.1 Å². The molecule has 20 heavy (non-hydrogen) atoms. The summed E-state index contributed by atoms with van der Waals surface area (Å²) in [6, 6.07) is 9.07. The van der Waals surface area contributed by atoms with Crippen molar-refractivity contribution in [2.24, 2.45) is 0 Å². The monoisotopic (exact) mass is 292 g/mol. The normalized spacial score (nSPS) is 16.1. The number of hydrogen-bond donors (Lipinski definition) is 0. The van der Waals surface area contributed by atoms with Crippen molar-refractivity contribution in [1.29, 1.82) is 0 Å². The topological polar surface area (TPSA) is 40.6 Å². The molecule has 0 N–H and O–H groups in total. The number of nitrogens with zero attached hydrogens (tertiary/aromatic N) is 2. The van der Waals surface area contributed by atoms with Crippen molar-refractivity contribution in [3.8, 4) is 0 Å². The van der Waals surface area contributed by atoms with Crippen LogP contribution in [0.25, 0.3) is 0 Å². The number of thioether (sulfide) groups is 1. The Kier molecular flexibility index (Phi) is 5.61. The van der Waals surface area contributed by atoms with E-state index in [4.69, 9.17) is 0 Å². The smallest absolute Gasteiger partial charge is 0.201 e. The van der Waals surface area contributed by atoms with Gasteiger partial charge in [0.2, 0.25) is 5.43 Å². The highest BCUT2D eigenvalue weighted by atomic mass is 32.2. The lowest BCUT2D eigenvalue weighted by atomic mass is 10.2. The molecule has 2 rings (SSSR count). The molecule has 0 unspecified atom stereocenters. The second kappa shape index (κ2) is 7.45. The first-order chi connectivity index (χ1) is 9.66. The fraction of sp³-hybridized carbons (Fsp3) is 0.467. The number of hydrogen-bond acceptors (Lipinski definition) is 5. The Balaban J connectivity index is 1.87. The van der Waals surface area contributed by atoms with Crippen molar-refractivity contribution in [3.05, 3.63) is 40.6 Å². The molecule has 4 nitrogen and oxygen atoms in total. The van der Waals surface area contributed by atoms with Crippen LogP contribution in [0.4, 0.5) is 5.69 Å². The van der Waals surface area contributed by atoms with E-state index in [0.717, 1.165) is 44.2 Å². The van der Waals surface area contributed by atoms with Gasteiger partial charge in [0.15, 0.2) is 5.12 Å². The average molecular weight is 292 g/mol. The summed E-state index contributed by atoms with van der Waals surface area (Å²) in [6.07, 6.45) is 0. The molecule has 1 aliphatic rings. The summed E-state index contributed by atoms with van der Waals surface area (Å²) in [5.41, 5.74) is 0.864. The minimum absolute atomic E-state index is 0.0792. The summed E-state index contributed by atoms with van der Waals surface area (Å²) < 4.78 is 0. The van der Waals surface area contributed by atoms with Crippen LogP contribution in [0.15, 0.2) is 35.1 Å². The second-order valence-electron chi connectivity index (χ2n) is 4.83. The van der Waals surface area contributed by atoms with Crippen molar-refractivity contribution < 1.29 is 4.79 Å². The molecule has 1 aromatic carbocycles. The molecule has 0 aliphatic carbocycles. The summed E-state index contributed by atoms with van der Waals surface area (Å²) in [5.74, 6) is 0.850. The molecule has 1 heterocycles. The molecule has 1 saturated heterocycles. The standard InChI is InChI=1S/C15H20N2O2S/c1-13(18)20-12-11-16-7-9-17(10-8-16)14-5-3-2-4-6-15(14)19/h2-6H,7-12H2,1H3. The van der Waals surface area contributed by atoms with Crippen LogP contribution in [-0.4, -0.2) is 48.5 Å². The van der Waals surface area contributed by atoms with Crippen LogP contribution in [-0.2, 0) is 4.79 Å². The lowest BCUT2D eigenvalue weighted by molar-refractivity contribution is -0.109. The summed E-state index contributed by atoms with van der Waals surface area (Å²) >= 11 is 1.38. The van der Waals surface area contributed by atoms with E-state index >= 15 is 0 Å². The van der Waals surface area contributed by atoms with Gasteiger partial charge in [0.25, 0.3) is 0 Å². The molecule has 0 amide bonds. The quantitative estimate of drug-likeness (QED) is 0.840. The fourth-order valence-corrected chi connectivity index (χ4v) is 2.95. The molecule has 0 atom stereocenters. The van der Waals surface area contributed by atoms with Crippen molar-refractivity contribution in [2.75, 3.05) is 43.4 Å². The largest absolute Gasteiger partial charge is 0.366 e. The third-order valence-electron chi connectivity index (χ3n) is 3.40. The van der Waals surface area contributed by atoms with E-state index in [1.165, 1.54) is 11.8 Å². The summed E-state index contributed by atoms with van der Waals surface area (Å²) in [5, 5.41) is 0.177. The van der Waals surface area contributed by atoms with Crippen LogP contribution in [0.2, 0.25) is 0 Å². The third kappa shape index (κ3) is 4.35. The van der Waals surface area contributed by atoms with Gasteiger partial charge < -0.3 is 4.90 Å². The van der Waals surface area contributed by atoms with E-state index in [-0.39, 0.29) is 10.5 Å². The average Bonchev–Trinajstić information content (AvgIpc) is 2.64. The SMILES string of the molecule is CC(=O)SCCN1CCN(c2cccccc2=O)CC1. The zero-order valence-electron chi connectivity index (χ0n) is 11.7. The van der Waals surface area contributed by atoms with E-state index in [1.54, 1.807) is 19.1 Å². The molecule has 1 aliphatic heterocycles. The molecule has 5 heteroatoms.